The topological polar surface area (TPSA) is 62.4 Å². The molecule has 0 aliphatic rings. The van der Waals surface area contributed by atoms with Gasteiger partial charge in [-0.05, 0) is 20.5 Å². The van der Waals surface area contributed by atoms with Gasteiger partial charge in [-0.25, -0.2) is 0 Å². The van der Waals surface area contributed by atoms with E-state index in [1.807, 2.05) is 25.2 Å². The van der Waals surface area contributed by atoms with Gasteiger partial charge < -0.3 is 15.7 Å². The minimum Gasteiger partial charge on any atom is -0.391 e. The summed E-state index contributed by atoms with van der Waals surface area (Å²) < 4.78 is 0. The first-order chi connectivity index (χ1) is 7.09. The number of nitrogens with zero attached hydrogens (tertiary/aromatic N) is 2. The van der Waals surface area contributed by atoms with Crippen LogP contribution in [0.4, 0.5) is 0 Å². The van der Waals surface area contributed by atoms with Crippen molar-refractivity contribution < 1.29 is 5.11 Å². The van der Waals surface area contributed by atoms with Gasteiger partial charge in [0.15, 0.2) is 0 Å². The highest BCUT2D eigenvalue weighted by Gasteiger charge is 2.15. The second-order valence-electron chi connectivity index (χ2n) is 4.00. The molecule has 0 radical (unpaired) electrons. The summed E-state index contributed by atoms with van der Waals surface area (Å²) in [5.41, 5.74) is 7.69. The highest BCUT2D eigenvalue weighted by molar-refractivity contribution is 7.09. The molecule has 1 aromatic heterocycles. The summed E-state index contributed by atoms with van der Waals surface area (Å²) in [6.45, 7) is 0.859. The number of aromatic nitrogens is 1. The molecule has 4 nitrogen and oxygen atoms in total. The van der Waals surface area contributed by atoms with Crippen LogP contribution in [0.5, 0.6) is 0 Å². The smallest absolute Gasteiger partial charge is 0.0794 e. The minimum atomic E-state index is -0.436. The normalized spacial score (nSPS) is 15.5. The molecule has 0 saturated carbocycles. The van der Waals surface area contributed by atoms with Crippen molar-refractivity contribution in [2.45, 2.75) is 25.0 Å². The third-order valence-electron chi connectivity index (χ3n) is 2.29. The molecule has 3 N–H and O–H groups in total. The summed E-state index contributed by atoms with van der Waals surface area (Å²) in [5, 5.41) is 9.80. The average molecular weight is 229 g/mol. The van der Waals surface area contributed by atoms with E-state index in [2.05, 4.69) is 4.98 Å². The van der Waals surface area contributed by atoms with Crippen LogP contribution in [0.25, 0.3) is 0 Å². The molecule has 86 valence electrons. The molecule has 2 unspecified atom stereocenters. The van der Waals surface area contributed by atoms with Gasteiger partial charge >= 0.3 is 0 Å². The molecule has 15 heavy (non-hydrogen) atoms. The Morgan fingerprint density at radius 2 is 2.33 bits per heavy atom. The Bertz CT molecular complexity index is 264. The molecule has 0 aliphatic carbocycles. The van der Waals surface area contributed by atoms with Crippen molar-refractivity contribution in [1.82, 2.24) is 9.88 Å². The predicted octanol–water partition coefficient (Wildman–Crippen LogP) is 0.326. The lowest BCUT2D eigenvalue weighted by molar-refractivity contribution is 0.124. The van der Waals surface area contributed by atoms with Gasteiger partial charge in [0.2, 0.25) is 0 Å². The Hall–Kier alpha value is -0.490. The zero-order valence-electron chi connectivity index (χ0n) is 9.26. The van der Waals surface area contributed by atoms with E-state index >= 15 is 0 Å². The van der Waals surface area contributed by atoms with Crippen LogP contribution in [0.15, 0.2) is 11.7 Å². The Kier molecular flexibility index (Phi) is 5.17. The number of hydrogen-bond donors (Lipinski definition) is 2. The highest BCUT2D eigenvalue weighted by atomic mass is 32.1. The van der Waals surface area contributed by atoms with E-state index in [9.17, 15) is 5.11 Å². The van der Waals surface area contributed by atoms with Crippen LogP contribution in [0.1, 0.15) is 11.3 Å². The first-order valence-electron chi connectivity index (χ1n) is 5.05. The molecule has 1 aromatic rings. The Morgan fingerprint density at radius 1 is 1.60 bits per heavy atom. The lowest BCUT2D eigenvalue weighted by Crippen LogP contribution is -2.38. The van der Waals surface area contributed by atoms with Gasteiger partial charge in [0.25, 0.3) is 0 Å². The fourth-order valence-corrected chi connectivity index (χ4v) is 1.98. The average Bonchev–Trinajstić information content (AvgIpc) is 2.66. The summed E-state index contributed by atoms with van der Waals surface area (Å²) in [7, 11) is 3.98. The van der Waals surface area contributed by atoms with Crippen LogP contribution in [0, 0.1) is 0 Å². The van der Waals surface area contributed by atoms with Crippen molar-refractivity contribution in [3.8, 4) is 0 Å². The number of thiazole rings is 1. The minimum absolute atomic E-state index is 0.189. The number of aliphatic hydroxyl groups is 1. The standard InChI is InChI=1S/C10H19N3OS/c1-13(2)4-3-10(14)9(11)5-8-6-12-7-15-8/h6-7,9-10,14H,3-5,11H2,1-2H3. The zero-order valence-corrected chi connectivity index (χ0v) is 10.1. The van der Waals surface area contributed by atoms with Gasteiger partial charge in [-0.2, -0.15) is 0 Å². The third-order valence-corrected chi connectivity index (χ3v) is 3.09. The molecule has 1 heterocycles. The van der Waals surface area contributed by atoms with E-state index in [1.54, 1.807) is 16.8 Å². The highest BCUT2D eigenvalue weighted by Crippen LogP contribution is 2.10. The second-order valence-corrected chi connectivity index (χ2v) is 4.97. The molecule has 5 heteroatoms. The van der Waals surface area contributed by atoms with Crippen molar-refractivity contribution in [3.63, 3.8) is 0 Å². The maximum atomic E-state index is 9.80. The maximum Gasteiger partial charge on any atom is 0.0794 e. The van der Waals surface area contributed by atoms with Gasteiger partial charge in [0, 0.05) is 30.1 Å². The fourth-order valence-electron chi connectivity index (χ4n) is 1.32. The van der Waals surface area contributed by atoms with Crippen molar-refractivity contribution in [3.05, 3.63) is 16.6 Å². The quantitative estimate of drug-likeness (QED) is 0.738. The Morgan fingerprint density at radius 3 is 2.87 bits per heavy atom. The molecule has 0 fully saturated rings. The molecule has 0 saturated heterocycles. The molecule has 2 atom stereocenters. The van der Waals surface area contributed by atoms with Crippen LogP contribution in [0.2, 0.25) is 0 Å². The summed E-state index contributed by atoms with van der Waals surface area (Å²) in [4.78, 5) is 7.16. The fraction of sp³-hybridized carbons (Fsp3) is 0.700. The monoisotopic (exact) mass is 229 g/mol. The second kappa shape index (κ2) is 6.17. The first kappa shape index (κ1) is 12.6. The van der Waals surface area contributed by atoms with E-state index in [0.717, 1.165) is 11.4 Å². The molecular formula is C10H19N3OS. The van der Waals surface area contributed by atoms with Crippen molar-refractivity contribution in [2.24, 2.45) is 5.73 Å². The molecule has 1 rings (SSSR count). The number of hydrogen-bond acceptors (Lipinski definition) is 5. The largest absolute Gasteiger partial charge is 0.391 e. The van der Waals surface area contributed by atoms with E-state index in [1.165, 1.54) is 0 Å². The van der Waals surface area contributed by atoms with E-state index in [0.29, 0.717) is 12.8 Å². The van der Waals surface area contributed by atoms with Gasteiger partial charge in [0.1, 0.15) is 0 Å². The number of rotatable bonds is 6. The molecular weight excluding hydrogens is 210 g/mol. The van der Waals surface area contributed by atoms with E-state index in [4.69, 9.17) is 5.73 Å². The third kappa shape index (κ3) is 4.70. The molecule has 0 aliphatic heterocycles. The molecule has 0 amide bonds. The van der Waals surface area contributed by atoms with E-state index < -0.39 is 6.10 Å². The number of aliphatic hydroxyl groups excluding tert-OH is 1. The van der Waals surface area contributed by atoms with Crippen LogP contribution >= 0.6 is 11.3 Å². The Balaban J connectivity index is 2.30. The lowest BCUT2D eigenvalue weighted by Gasteiger charge is -2.19. The van der Waals surface area contributed by atoms with Gasteiger partial charge in [0.05, 0.1) is 11.6 Å². The van der Waals surface area contributed by atoms with Crippen molar-refractivity contribution in [2.75, 3.05) is 20.6 Å². The van der Waals surface area contributed by atoms with Gasteiger partial charge in [-0.15, -0.1) is 11.3 Å². The molecule has 0 aromatic carbocycles. The first-order valence-corrected chi connectivity index (χ1v) is 5.93. The maximum absolute atomic E-state index is 9.80. The zero-order chi connectivity index (χ0) is 11.3. The van der Waals surface area contributed by atoms with Gasteiger partial charge in [-0.3, -0.25) is 4.98 Å². The van der Waals surface area contributed by atoms with Crippen LogP contribution in [-0.4, -0.2) is 47.8 Å². The summed E-state index contributed by atoms with van der Waals surface area (Å²) >= 11 is 1.58. The van der Waals surface area contributed by atoms with Crippen LogP contribution in [0.3, 0.4) is 0 Å². The SMILES string of the molecule is CN(C)CCC(O)C(N)Cc1cncs1. The van der Waals surface area contributed by atoms with E-state index in [-0.39, 0.29) is 6.04 Å². The summed E-state index contributed by atoms with van der Waals surface area (Å²) in [6, 6.07) is -0.189. The summed E-state index contributed by atoms with van der Waals surface area (Å²) in [6.07, 6.45) is 2.80. The van der Waals surface area contributed by atoms with Crippen LogP contribution in [-0.2, 0) is 6.42 Å². The van der Waals surface area contributed by atoms with Gasteiger partial charge in [-0.1, -0.05) is 0 Å². The molecule has 0 bridgehead atoms. The summed E-state index contributed by atoms with van der Waals surface area (Å²) in [5.74, 6) is 0. The van der Waals surface area contributed by atoms with Crippen molar-refractivity contribution in [1.29, 1.82) is 0 Å². The Labute approximate surface area is 94.7 Å². The number of nitrogens with two attached hydrogens (primary N) is 1. The lowest BCUT2D eigenvalue weighted by atomic mass is 10.1. The van der Waals surface area contributed by atoms with Crippen LogP contribution < -0.4 is 5.73 Å². The predicted molar refractivity (Wildman–Crippen MR) is 63.0 cm³/mol. The van der Waals surface area contributed by atoms with Crippen molar-refractivity contribution >= 4 is 11.3 Å². The molecule has 0 spiro atoms.